The van der Waals surface area contributed by atoms with Crippen molar-refractivity contribution in [3.63, 3.8) is 0 Å². The second kappa shape index (κ2) is 3.07. The molecule has 0 radical (unpaired) electrons. The van der Waals surface area contributed by atoms with Crippen LogP contribution in [0.2, 0.25) is 0 Å². The lowest BCUT2D eigenvalue weighted by molar-refractivity contribution is 0.0757. The third kappa shape index (κ3) is 1.18. The van der Waals surface area contributed by atoms with E-state index in [9.17, 15) is 0 Å². The molecule has 2 aliphatic heterocycles. The topological polar surface area (TPSA) is 49.9 Å². The molecule has 0 amide bonds. The van der Waals surface area contributed by atoms with E-state index in [1.165, 1.54) is 12.1 Å². The predicted octanol–water partition coefficient (Wildman–Crippen LogP) is 1.08. The highest BCUT2D eigenvalue weighted by Gasteiger charge is 2.27. The van der Waals surface area contributed by atoms with Crippen LogP contribution >= 0.6 is 0 Å². The van der Waals surface area contributed by atoms with E-state index in [2.05, 4.69) is 22.2 Å². The summed E-state index contributed by atoms with van der Waals surface area (Å²) in [5, 5.41) is 3.36. The van der Waals surface area contributed by atoms with Gasteiger partial charge in [-0.3, -0.25) is 0 Å². The second-order valence-electron chi connectivity index (χ2n) is 4.13. The molecule has 2 N–H and O–H groups in total. The van der Waals surface area contributed by atoms with Crippen LogP contribution in [0, 0.1) is 0 Å². The predicted molar refractivity (Wildman–Crippen MR) is 52.0 cm³/mol. The summed E-state index contributed by atoms with van der Waals surface area (Å²) in [5.41, 5.74) is 2.30. The zero-order chi connectivity index (χ0) is 9.54. The maximum absolute atomic E-state index is 5.47. The molecule has 1 saturated heterocycles. The highest BCUT2D eigenvalue weighted by Crippen LogP contribution is 2.30. The van der Waals surface area contributed by atoms with Gasteiger partial charge < -0.3 is 15.0 Å². The summed E-state index contributed by atoms with van der Waals surface area (Å²) in [4.78, 5) is 8.02. The van der Waals surface area contributed by atoms with Crippen molar-refractivity contribution in [3.05, 3.63) is 17.2 Å². The second-order valence-corrected chi connectivity index (χ2v) is 4.13. The van der Waals surface area contributed by atoms with Crippen molar-refractivity contribution in [2.45, 2.75) is 32.0 Å². The molecule has 3 heterocycles. The van der Waals surface area contributed by atoms with Crippen LogP contribution in [-0.2, 0) is 11.3 Å². The van der Waals surface area contributed by atoms with E-state index in [1.807, 2.05) is 0 Å². The molecule has 3 rings (SSSR count). The summed E-state index contributed by atoms with van der Waals surface area (Å²) in [6.07, 6.45) is 1.37. The van der Waals surface area contributed by atoms with Crippen LogP contribution in [-0.4, -0.2) is 23.1 Å². The SMILES string of the molecule is CC1OCc2[nH]c(C3CCNC3)nc21. The van der Waals surface area contributed by atoms with Gasteiger partial charge in [-0.25, -0.2) is 4.98 Å². The van der Waals surface area contributed by atoms with Gasteiger partial charge in [0.15, 0.2) is 0 Å². The molecule has 14 heavy (non-hydrogen) atoms. The summed E-state index contributed by atoms with van der Waals surface area (Å²) in [6.45, 7) is 4.93. The summed E-state index contributed by atoms with van der Waals surface area (Å²) < 4.78 is 5.47. The Kier molecular flexibility index (Phi) is 1.85. The van der Waals surface area contributed by atoms with Crippen molar-refractivity contribution in [2.75, 3.05) is 13.1 Å². The molecular formula is C10H15N3O. The van der Waals surface area contributed by atoms with Crippen LogP contribution < -0.4 is 5.32 Å². The van der Waals surface area contributed by atoms with Gasteiger partial charge >= 0.3 is 0 Å². The molecule has 0 saturated carbocycles. The average Bonchev–Trinajstić information content (AvgIpc) is 2.83. The summed E-state index contributed by atoms with van der Waals surface area (Å²) in [5.74, 6) is 1.72. The fourth-order valence-corrected chi connectivity index (χ4v) is 2.26. The Bertz CT molecular complexity index is 341. The van der Waals surface area contributed by atoms with Crippen LogP contribution in [0.25, 0.3) is 0 Å². The number of rotatable bonds is 1. The molecular weight excluding hydrogens is 178 g/mol. The van der Waals surface area contributed by atoms with Gasteiger partial charge in [0.25, 0.3) is 0 Å². The molecule has 1 fully saturated rings. The Morgan fingerprint density at radius 3 is 3.14 bits per heavy atom. The molecule has 0 spiro atoms. The fourth-order valence-electron chi connectivity index (χ4n) is 2.26. The largest absolute Gasteiger partial charge is 0.366 e. The van der Waals surface area contributed by atoms with Crippen molar-refractivity contribution >= 4 is 0 Å². The molecule has 1 aromatic heterocycles. The Balaban J connectivity index is 1.90. The van der Waals surface area contributed by atoms with Crippen LogP contribution in [0.3, 0.4) is 0 Å². The monoisotopic (exact) mass is 193 g/mol. The zero-order valence-electron chi connectivity index (χ0n) is 8.34. The van der Waals surface area contributed by atoms with Crippen molar-refractivity contribution in [3.8, 4) is 0 Å². The molecule has 2 aliphatic rings. The van der Waals surface area contributed by atoms with Gasteiger partial charge in [-0.05, 0) is 19.9 Å². The number of hydrogen-bond acceptors (Lipinski definition) is 3. The molecule has 4 nitrogen and oxygen atoms in total. The average molecular weight is 193 g/mol. The van der Waals surface area contributed by atoms with Gasteiger partial charge in [-0.2, -0.15) is 0 Å². The van der Waals surface area contributed by atoms with Gasteiger partial charge in [0.05, 0.1) is 24.1 Å². The Labute approximate surface area is 83.1 Å². The van der Waals surface area contributed by atoms with E-state index in [-0.39, 0.29) is 6.10 Å². The van der Waals surface area contributed by atoms with Crippen molar-refractivity contribution in [1.29, 1.82) is 0 Å². The van der Waals surface area contributed by atoms with Crippen molar-refractivity contribution < 1.29 is 4.74 Å². The van der Waals surface area contributed by atoms with Gasteiger partial charge in [-0.1, -0.05) is 0 Å². The highest BCUT2D eigenvalue weighted by atomic mass is 16.5. The maximum atomic E-state index is 5.47. The van der Waals surface area contributed by atoms with Gasteiger partial charge in [0.1, 0.15) is 5.82 Å². The third-order valence-corrected chi connectivity index (χ3v) is 3.14. The zero-order valence-corrected chi connectivity index (χ0v) is 8.34. The quantitative estimate of drug-likeness (QED) is 0.701. The van der Waals surface area contributed by atoms with Gasteiger partial charge in [-0.15, -0.1) is 0 Å². The molecule has 1 aromatic rings. The van der Waals surface area contributed by atoms with E-state index in [0.717, 1.165) is 24.6 Å². The summed E-state index contributed by atoms with van der Waals surface area (Å²) in [6, 6.07) is 0. The van der Waals surface area contributed by atoms with Crippen LogP contribution in [0.15, 0.2) is 0 Å². The molecule has 2 unspecified atom stereocenters. The minimum absolute atomic E-state index is 0.171. The number of ether oxygens (including phenoxy) is 1. The van der Waals surface area contributed by atoms with E-state index in [0.29, 0.717) is 12.5 Å². The number of fused-ring (bicyclic) bond motifs is 1. The number of nitrogens with zero attached hydrogens (tertiary/aromatic N) is 1. The first kappa shape index (κ1) is 8.44. The number of imidazole rings is 1. The van der Waals surface area contributed by atoms with Gasteiger partial charge in [0, 0.05) is 12.5 Å². The first-order valence-electron chi connectivity index (χ1n) is 5.25. The first-order chi connectivity index (χ1) is 6.84. The number of hydrogen-bond donors (Lipinski definition) is 2. The standard InChI is InChI=1S/C10H15N3O/c1-6-9-8(5-14-6)12-10(13-9)7-2-3-11-4-7/h6-7,11H,2-5H2,1H3,(H,12,13). The van der Waals surface area contributed by atoms with E-state index in [1.54, 1.807) is 0 Å². The smallest absolute Gasteiger partial charge is 0.111 e. The molecule has 0 bridgehead atoms. The minimum atomic E-state index is 0.171. The van der Waals surface area contributed by atoms with Gasteiger partial charge in [0.2, 0.25) is 0 Å². The first-order valence-corrected chi connectivity index (χ1v) is 5.25. The lowest BCUT2D eigenvalue weighted by Gasteiger charge is -2.05. The molecule has 76 valence electrons. The van der Waals surface area contributed by atoms with Crippen LogP contribution in [0.5, 0.6) is 0 Å². The molecule has 0 aliphatic carbocycles. The number of H-pyrrole nitrogens is 1. The van der Waals surface area contributed by atoms with Crippen LogP contribution in [0.4, 0.5) is 0 Å². The Morgan fingerprint density at radius 1 is 1.50 bits per heavy atom. The summed E-state index contributed by atoms with van der Waals surface area (Å²) in [7, 11) is 0. The minimum Gasteiger partial charge on any atom is -0.366 e. The van der Waals surface area contributed by atoms with E-state index >= 15 is 0 Å². The molecule has 4 heteroatoms. The molecule has 2 atom stereocenters. The van der Waals surface area contributed by atoms with E-state index in [4.69, 9.17) is 4.74 Å². The van der Waals surface area contributed by atoms with Crippen LogP contribution in [0.1, 0.15) is 42.6 Å². The highest BCUT2D eigenvalue weighted by molar-refractivity contribution is 5.21. The number of aromatic amines is 1. The summed E-state index contributed by atoms with van der Waals surface area (Å²) >= 11 is 0. The Morgan fingerprint density at radius 2 is 2.43 bits per heavy atom. The number of aromatic nitrogens is 2. The van der Waals surface area contributed by atoms with Crippen molar-refractivity contribution in [1.82, 2.24) is 15.3 Å². The third-order valence-electron chi connectivity index (χ3n) is 3.14. The Hall–Kier alpha value is -0.870. The maximum Gasteiger partial charge on any atom is 0.111 e. The normalized spacial score (nSPS) is 30.9. The number of nitrogens with one attached hydrogen (secondary N) is 2. The van der Waals surface area contributed by atoms with Crippen molar-refractivity contribution in [2.24, 2.45) is 0 Å². The lowest BCUT2D eigenvalue weighted by Crippen LogP contribution is -2.09. The molecule has 0 aromatic carbocycles. The fraction of sp³-hybridized carbons (Fsp3) is 0.700. The lowest BCUT2D eigenvalue weighted by atomic mass is 10.1. The van der Waals surface area contributed by atoms with E-state index < -0.39 is 0 Å².